The van der Waals surface area contributed by atoms with E-state index >= 15 is 0 Å². The molecule has 6 nitrogen and oxygen atoms in total. The van der Waals surface area contributed by atoms with E-state index in [2.05, 4.69) is 10.2 Å². The van der Waals surface area contributed by atoms with Gasteiger partial charge in [0, 0.05) is 37.9 Å². The van der Waals surface area contributed by atoms with Crippen molar-refractivity contribution in [2.45, 2.75) is 37.0 Å². The van der Waals surface area contributed by atoms with Crippen molar-refractivity contribution in [3.63, 3.8) is 0 Å². The largest absolute Gasteiger partial charge is 0.327 e. The quantitative estimate of drug-likeness (QED) is 0.758. The number of hydrogen-bond acceptors (Lipinski definition) is 4. The van der Waals surface area contributed by atoms with Crippen molar-refractivity contribution in [3.8, 4) is 11.3 Å². The van der Waals surface area contributed by atoms with Crippen LogP contribution in [0.25, 0.3) is 11.3 Å². The maximum absolute atomic E-state index is 13.9. The molecule has 28 heavy (non-hydrogen) atoms. The lowest BCUT2D eigenvalue weighted by Crippen LogP contribution is -2.79. The van der Waals surface area contributed by atoms with Crippen LogP contribution in [-0.4, -0.2) is 56.1 Å². The van der Waals surface area contributed by atoms with Crippen LogP contribution in [0.2, 0.25) is 0 Å². The van der Waals surface area contributed by atoms with Gasteiger partial charge in [-0.05, 0) is 24.3 Å². The van der Waals surface area contributed by atoms with E-state index in [4.69, 9.17) is 0 Å². The Kier molecular flexibility index (Phi) is 3.56. The van der Waals surface area contributed by atoms with Crippen LogP contribution < -0.4 is 0 Å². The van der Waals surface area contributed by atoms with Crippen LogP contribution >= 0.6 is 0 Å². The fourth-order valence-corrected chi connectivity index (χ4v) is 4.63. The summed E-state index contributed by atoms with van der Waals surface area (Å²) in [4.78, 5) is 28.0. The minimum Gasteiger partial charge on any atom is -0.327 e. The number of piperazine rings is 1. The molecule has 2 amide bonds. The SMILES string of the molecule is O=C1C(=O)N(C23CC(F)(C2)C3)CCN1Cc1ccc(-c2ccccc2F)nn1. The predicted molar refractivity (Wildman–Crippen MR) is 95.0 cm³/mol. The molecule has 0 radical (unpaired) electrons. The molecule has 0 N–H and O–H groups in total. The van der Waals surface area contributed by atoms with Crippen LogP contribution in [-0.2, 0) is 16.1 Å². The molecule has 0 unspecified atom stereocenters. The maximum atomic E-state index is 13.9. The minimum atomic E-state index is -1.12. The highest BCUT2D eigenvalue weighted by Crippen LogP contribution is 2.66. The van der Waals surface area contributed by atoms with Crippen molar-refractivity contribution in [1.82, 2.24) is 20.0 Å². The Morgan fingerprint density at radius 3 is 2.36 bits per heavy atom. The lowest BCUT2D eigenvalue weighted by molar-refractivity contribution is -0.230. The number of amides is 2. The number of benzene rings is 1. The predicted octanol–water partition coefficient (Wildman–Crippen LogP) is 2.10. The summed E-state index contributed by atoms with van der Waals surface area (Å²) < 4.78 is 27.6. The maximum Gasteiger partial charge on any atom is 0.312 e. The zero-order chi connectivity index (χ0) is 19.5. The van der Waals surface area contributed by atoms with Gasteiger partial charge in [0.2, 0.25) is 0 Å². The van der Waals surface area contributed by atoms with Crippen LogP contribution in [0.4, 0.5) is 8.78 Å². The van der Waals surface area contributed by atoms with Crippen LogP contribution in [0.15, 0.2) is 36.4 Å². The lowest BCUT2D eigenvalue weighted by atomic mass is 9.46. The minimum absolute atomic E-state index is 0.156. The molecule has 2 heterocycles. The molecule has 1 aromatic heterocycles. The van der Waals surface area contributed by atoms with Crippen molar-refractivity contribution < 1.29 is 18.4 Å². The third-order valence-electron chi connectivity index (χ3n) is 6.04. The van der Waals surface area contributed by atoms with E-state index in [0.717, 1.165) is 0 Å². The van der Waals surface area contributed by atoms with Gasteiger partial charge in [-0.3, -0.25) is 9.59 Å². The number of carbonyl (C=O) groups is 2. The third kappa shape index (κ3) is 2.51. The molecule has 144 valence electrons. The summed E-state index contributed by atoms with van der Waals surface area (Å²) in [7, 11) is 0. The molecule has 3 aliphatic carbocycles. The molecular formula is C20H18F2N4O2. The van der Waals surface area contributed by atoms with Gasteiger partial charge < -0.3 is 9.80 Å². The highest BCUT2D eigenvalue weighted by molar-refractivity contribution is 6.35. The van der Waals surface area contributed by atoms with Gasteiger partial charge in [-0.25, -0.2) is 8.78 Å². The summed E-state index contributed by atoms with van der Waals surface area (Å²) in [6.07, 6.45) is 1.05. The molecule has 8 heteroatoms. The van der Waals surface area contributed by atoms with Crippen molar-refractivity contribution in [3.05, 3.63) is 47.9 Å². The number of rotatable bonds is 4. The van der Waals surface area contributed by atoms with E-state index in [1.807, 2.05) is 0 Å². The second-order valence-electron chi connectivity index (χ2n) is 7.98. The molecule has 0 atom stereocenters. The van der Waals surface area contributed by atoms with Crippen molar-refractivity contribution >= 4 is 11.8 Å². The Morgan fingerprint density at radius 1 is 0.964 bits per heavy atom. The fourth-order valence-electron chi connectivity index (χ4n) is 4.63. The first-order valence-corrected chi connectivity index (χ1v) is 9.27. The Balaban J connectivity index is 1.26. The van der Waals surface area contributed by atoms with Crippen molar-refractivity contribution in [1.29, 1.82) is 0 Å². The number of alkyl halides is 1. The fraction of sp³-hybridized carbons (Fsp3) is 0.400. The average Bonchev–Trinajstić information content (AvgIpc) is 2.64. The van der Waals surface area contributed by atoms with Crippen LogP contribution in [0.1, 0.15) is 25.0 Å². The van der Waals surface area contributed by atoms with E-state index in [9.17, 15) is 18.4 Å². The van der Waals surface area contributed by atoms with Gasteiger partial charge in [-0.1, -0.05) is 12.1 Å². The van der Waals surface area contributed by atoms with Gasteiger partial charge in [0.05, 0.1) is 23.5 Å². The first-order chi connectivity index (χ1) is 13.4. The highest BCUT2D eigenvalue weighted by Gasteiger charge is 2.73. The molecule has 2 bridgehead atoms. The zero-order valence-corrected chi connectivity index (χ0v) is 15.1. The molecule has 1 aliphatic heterocycles. The van der Waals surface area contributed by atoms with Gasteiger partial charge in [0.1, 0.15) is 11.5 Å². The third-order valence-corrected chi connectivity index (χ3v) is 6.04. The van der Waals surface area contributed by atoms with Gasteiger partial charge >= 0.3 is 11.8 Å². The topological polar surface area (TPSA) is 66.4 Å². The summed E-state index contributed by atoms with van der Waals surface area (Å²) in [5.41, 5.74) is -0.281. The van der Waals surface area contributed by atoms with Crippen molar-refractivity contribution in [2.75, 3.05) is 13.1 Å². The summed E-state index contributed by atoms with van der Waals surface area (Å²) in [6.45, 7) is 0.937. The Morgan fingerprint density at radius 2 is 1.71 bits per heavy atom. The Labute approximate surface area is 160 Å². The lowest BCUT2D eigenvalue weighted by Gasteiger charge is -2.69. The first kappa shape index (κ1) is 17.2. The molecule has 1 saturated heterocycles. The average molecular weight is 384 g/mol. The van der Waals surface area contributed by atoms with Crippen LogP contribution in [0.5, 0.6) is 0 Å². The molecule has 1 aromatic carbocycles. The standard InChI is InChI=1S/C20H18F2N4O2/c21-15-4-2-1-3-14(15)16-6-5-13(23-24-16)9-25-7-8-26(18(28)17(25)27)20-10-19(22,11-20)12-20/h1-6H,7-12H2. The molecule has 6 rings (SSSR count). The number of aromatic nitrogens is 2. The van der Waals surface area contributed by atoms with Gasteiger partial charge in [0.25, 0.3) is 0 Å². The summed E-state index contributed by atoms with van der Waals surface area (Å²) in [5, 5.41) is 8.12. The van der Waals surface area contributed by atoms with Crippen molar-refractivity contribution in [2.24, 2.45) is 0 Å². The summed E-state index contributed by atoms with van der Waals surface area (Å²) in [6, 6.07) is 9.61. The molecule has 2 aromatic rings. The number of carbonyl (C=O) groups excluding carboxylic acids is 2. The monoisotopic (exact) mass is 384 g/mol. The van der Waals surface area contributed by atoms with Gasteiger partial charge in [0.15, 0.2) is 0 Å². The first-order valence-electron chi connectivity index (χ1n) is 9.27. The van der Waals surface area contributed by atoms with E-state index in [1.54, 1.807) is 35.2 Å². The molecule has 3 saturated carbocycles. The van der Waals surface area contributed by atoms with Gasteiger partial charge in [-0.2, -0.15) is 10.2 Å². The molecule has 0 spiro atoms. The van der Waals surface area contributed by atoms with Crippen LogP contribution in [0.3, 0.4) is 0 Å². The zero-order valence-electron chi connectivity index (χ0n) is 15.1. The number of nitrogens with zero attached hydrogens (tertiary/aromatic N) is 4. The summed E-state index contributed by atoms with van der Waals surface area (Å²) >= 11 is 0. The van der Waals surface area contributed by atoms with Crippen LogP contribution in [0, 0.1) is 5.82 Å². The molecule has 4 aliphatic rings. The second kappa shape index (κ2) is 5.80. The van der Waals surface area contributed by atoms with E-state index in [-0.39, 0.29) is 12.4 Å². The summed E-state index contributed by atoms with van der Waals surface area (Å²) in [5.74, 6) is -1.54. The smallest absolute Gasteiger partial charge is 0.312 e. The van der Waals surface area contributed by atoms with E-state index < -0.39 is 23.0 Å². The van der Waals surface area contributed by atoms with E-state index in [0.29, 0.717) is 49.3 Å². The van der Waals surface area contributed by atoms with Gasteiger partial charge in [-0.15, -0.1) is 0 Å². The Hall–Kier alpha value is -2.90. The number of halogens is 2. The Bertz CT molecular complexity index is 959. The number of hydrogen-bond donors (Lipinski definition) is 0. The highest BCUT2D eigenvalue weighted by atomic mass is 19.1. The molecular weight excluding hydrogens is 366 g/mol. The normalized spacial score (nSPS) is 28.8. The second-order valence-corrected chi connectivity index (χ2v) is 7.98. The molecule has 4 fully saturated rings. The van der Waals surface area contributed by atoms with E-state index in [1.165, 1.54) is 11.0 Å².